The van der Waals surface area contributed by atoms with Gasteiger partial charge in [-0.1, -0.05) is 71.5 Å². The Labute approximate surface area is 138 Å². The van der Waals surface area contributed by atoms with Gasteiger partial charge < -0.3 is 4.52 Å². The van der Waals surface area contributed by atoms with E-state index in [4.69, 9.17) is 4.52 Å². The van der Waals surface area contributed by atoms with E-state index in [9.17, 15) is 0 Å². The van der Waals surface area contributed by atoms with Crippen molar-refractivity contribution in [1.82, 2.24) is 10.1 Å². The van der Waals surface area contributed by atoms with Gasteiger partial charge in [-0.3, -0.25) is 0 Å². The quantitative estimate of drug-likeness (QED) is 0.486. The minimum Gasteiger partial charge on any atom is -0.360 e. The summed E-state index contributed by atoms with van der Waals surface area (Å²) in [5, 5.41) is 6.28. The first-order valence-corrected chi connectivity index (χ1v) is 8.37. The van der Waals surface area contributed by atoms with Crippen molar-refractivity contribution in [3.05, 3.63) is 78.6 Å². The Morgan fingerprint density at radius 1 is 0.870 bits per heavy atom. The van der Waals surface area contributed by atoms with Crippen molar-refractivity contribution in [1.29, 1.82) is 0 Å². The Hall–Kier alpha value is -2.59. The molecule has 2 heterocycles. The zero-order valence-corrected chi connectivity index (χ0v) is 13.2. The maximum absolute atomic E-state index is 5.43. The van der Waals surface area contributed by atoms with Crippen LogP contribution in [0.15, 0.2) is 82.3 Å². The van der Waals surface area contributed by atoms with Crippen LogP contribution in [-0.2, 0) is 5.75 Å². The highest BCUT2D eigenvalue weighted by Gasteiger charge is 2.07. The summed E-state index contributed by atoms with van der Waals surface area (Å²) in [6.45, 7) is 0. The lowest BCUT2D eigenvalue weighted by Crippen LogP contribution is -1.83. The van der Waals surface area contributed by atoms with E-state index in [1.54, 1.807) is 11.8 Å². The van der Waals surface area contributed by atoms with Crippen LogP contribution in [0.4, 0.5) is 0 Å². The standard InChI is InChI=1S/C19H14N2OS/c1-2-6-14(7-3-1)18-12-16(22-21-18)13-23-19-11-10-15-8-4-5-9-17(15)20-19/h1-12H,13H2. The fourth-order valence-corrected chi connectivity index (χ4v) is 3.15. The molecule has 0 aliphatic rings. The fourth-order valence-electron chi connectivity index (χ4n) is 2.40. The Kier molecular flexibility index (Phi) is 3.82. The monoisotopic (exact) mass is 318 g/mol. The van der Waals surface area contributed by atoms with Crippen molar-refractivity contribution in [3.8, 4) is 11.3 Å². The van der Waals surface area contributed by atoms with Gasteiger partial charge in [0.15, 0.2) is 0 Å². The number of hydrogen-bond acceptors (Lipinski definition) is 4. The van der Waals surface area contributed by atoms with Crippen LogP contribution >= 0.6 is 11.8 Å². The van der Waals surface area contributed by atoms with Gasteiger partial charge in [-0.15, -0.1) is 0 Å². The lowest BCUT2D eigenvalue weighted by molar-refractivity contribution is 0.397. The lowest BCUT2D eigenvalue weighted by Gasteiger charge is -2.01. The molecule has 0 fully saturated rings. The van der Waals surface area contributed by atoms with E-state index in [0.29, 0.717) is 5.75 Å². The number of hydrogen-bond donors (Lipinski definition) is 0. The third-order valence-corrected chi connectivity index (χ3v) is 4.52. The molecule has 2 aromatic heterocycles. The molecule has 23 heavy (non-hydrogen) atoms. The molecule has 0 bridgehead atoms. The number of pyridine rings is 1. The van der Waals surface area contributed by atoms with Gasteiger partial charge in [-0.25, -0.2) is 4.98 Å². The van der Waals surface area contributed by atoms with Crippen molar-refractivity contribution in [2.45, 2.75) is 10.8 Å². The zero-order valence-electron chi connectivity index (χ0n) is 12.3. The topological polar surface area (TPSA) is 38.9 Å². The third-order valence-electron chi connectivity index (χ3n) is 3.56. The highest BCUT2D eigenvalue weighted by Crippen LogP contribution is 2.26. The smallest absolute Gasteiger partial charge is 0.147 e. The second-order valence-electron chi connectivity index (χ2n) is 5.18. The molecule has 0 saturated carbocycles. The van der Waals surface area contributed by atoms with E-state index in [1.165, 1.54) is 0 Å². The number of nitrogens with zero attached hydrogens (tertiary/aromatic N) is 2. The number of para-hydroxylation sites is 1. The van der Waals surface area contributed by atoms with Crippen molar-refractivity contribution in [2.24, 2.45) is 0 Å². The summed E-state index contributed by atoms with van der Waals surface area (Å²) in [6, 6.07) is 24.3. The van der Waals surface area contributed by atoms with Gasteiger partial charge in [-0.2, -0.15) is 0 Å². The first kappa shape index (κ1) is 14.0. The molecule has 0 spiro atoms. The molecule has 4 aromatic rings. The Balaban J connectivity index is 1.49. The molecule has 0 atom stereocenters. The van der Waals surface area contributed by atoms with Gasteiger partial charge in [-0.05, 0) is 12.1 Å². The summed E-state index contributed by atoms with van der Waals surface area (Å²) < 4.78 is 5.43. The first-order chi connectivity index (χ1) is 11.4. The first-order valence-electron chi connectivity index (χ1n) is 7.38. The van der Waals surface area contributed by atoms with Crippen LogP contribution in [0.5, 0.6) is 0 Å². The molecule has 0 saturated heterocycles. The predicted octanol–water partition coefficient (Wildman–Crippen LogP) is 5.18. The van der Waals surface area contributed by atoms with E-state index in [-0.39, 0.29) is 0 Å². The van der Waals surface area contributed by atoms with Crippen LogP contribution in [0.3, 0.4) is 0 Å². The second kappa shape index (κ2) is 6.26. The SMILES string of the molecule is c1ccc(-c2cc(CSc3ccc4ccccc4n3)on2)cc1. The van der Waals surface area contributed by atoms with Crippen LogP contribution in [-0.4, -0.2) is 10.1 Å². The average Bonchev–Trinajstić information content (AvgIpc) is 3.10. The summed E-state index contributed by atoms with van der Waals surface area (Å²) in [4.78, 5) is 4.66. The van der Waals surface area contributed by atoms with Gasteiger partial charge in [0.2, 0.25) is 0 Å². The molecule has 4 rings (SSSR count). The summed E-state index contributed by atoms with van der Waals surface area (Å²) in [7, 11) is 0. The lowest BCUT2D eigenvalue weighted by atomic mass is 10.1. The highest BCUT2D eigenvalue weighted by molar-refractivity contribution is 7.98. The van der Waals surface area contributed by atoms with Crippen molar-refractivity contribution >= 4 is 22.7 Å². The largest absolute Gasteiger partial charge is 0.360 e. The summed E-state index contributed by atoms with van der Waals surface area (Å²) >= 11 is 1.65. The van der Waals surface area contributed by atoms with Gasteiger partial charge in [0.05, 0.1) is 16.3 Å². The normalized spacial score (nSPS) is 11.0. The van der Waals surface area contributed by atoms with E-state index < -0.39 is 0 Å². The Morgan fingerprint density at radius 3 is 2.61 bits per heavy atom. The molecule has 112 valence electrons. The van der Waals surface area contributed by atoms with E-state index >= 15 is 0 Å². The molecule has 2 aromatic carbocycles. The Morgan fingerprint density at radius 2 is 1.70 bits per heavy atom. The van der Waals surface area contributed by atoms with Crippen LogP contribution in [0, 0.1) is 0 Å². The van der Waals surface area contributed by atoms with Crippen LogP contribution < -0.4 is 0 Å². The molecular weight excluding hydrogens is 304 g/mol. The maximum Gasteiger partial charge on any atom is 0.147 e. The van der Waals surface area contributed by atoms with Crippen LogP contribution in [0.1, 0.15) is 5.76 Å². The van der Waals surface area contributed by atoms with E-state index in [2.05, 4.69) is 22.3 Å². The van der Waals surface area contributed by atoms with Crippen molar-refractivity contribution in [3.63, 3.8) is 0 Å². The second-order valence-corrected chi connectivity index (χ2v) is 6.17. The third kappa shape index (κ3) is 3.12. The van der Waals surface area contributed by atoms with Crippen LogP contribution in [0.25, 0.3) is 22.2 Å². The molecular formula is C19H14N2OS. The predicted molar refractivity (Wildman–Crippen MR) is 93.2 cm³/mol. The molecule has 0 radical (unpaired) electrons. The summed E-state index contributed by atoms with van der Waals surface area (Å²) in [6.07, 6.45) is 0. The molecule has 0 amide bonds. The maximum atomic E-state index is 5.43. The zero-order chi connectivity index (χ0) is 15.5. The van der Waals surface area contributed by atoms with E-state index in [1.807, 2.05) is 60.7 Å². The molecule has 0 aliphatic carbocycles. The molecule has 0 unspecified atom stereocenters. The highest BCUT2D eigenvalue weighted by atomic mass is 32.2. The minimum atomic E-state index is 0.713. The summed E-state index contributed by atoms with van der Waals surface area (Å²) in [5.74, 6) is 1.56. The van der Waals surface area contributed by atoms with Gasteiger partial charge in [0.25, 0.3) is 0 Å². The number of aromatic nitrogens is 2. The minimum absolute atomic E-state index is 0.713. The Bertz CT molecular complexity index is 934. The number of thioether (sulfide) groups is 1. The summed E-state index contributed by atoms with van der Waals surface area (Å²) in [5.41, 5.74) is 2.95. The average molecular weight is 318 g/mol. The number of rotatable bonds is 4. The molecule has 4 heteroatoms. The number of benzene rings is 2. The van der Waals surface area contributed by atoms with Gasteiger partial charge >= 0.3 is 0 Å². The molecule has 3 nitrogen and oxygen atoms in total. The molecule has 0 N–H and O–H groups in total. The molecule has 0 aliphatic heterocycles. The fraction of sp³-hybridized carbons (Fsp3) is 0.0526. The van der Waals surface area contributed by atoms with Gasteiger partial charge in [0, 0.05) is 17.0 Å². The van der Waals surface area contributed by atoms with E-state index in [0.717, 1.165) is 32.9 Å². The van der Waals surface area contributed by atoms with Crippen molar-refractivity contribution < 1.29 is 4.52 Å². The van der Waals surface area contributed by atoms with Crippen LogP contribution in [0.2, 0.25) is 0 Å². The van der Waals surface area contributed by atoms with Gasteiger partial charge in [0.1, 0.15) is 11.5 Å². The number of fused-ring (bicyclic) bond motifs is 1. The van der Waals surface area contributed by atoms with Crippen molar-refractivity contribution in [2.75, 3.05) is 0 Å².